The van der Waals surface area contributed by atoms with Crippen molar-refractivity contribution < 1.29 is 14.4 Å². The van der Waals surface area contributed by atoms with E-state index < -0.39 is 0 Å². The van der Waals surface area contributed by atoms with Gasteiger partial charge in [-0.1, -0.05) is 18.2 Å². The van der Waals surface area contributed by atoms with Crippen molar-refractivity contribution in [3.05, 3.63) is 29.8 Å². The van der Waals surface area contributed by atoms with Crippen molar-refractivity contribution in [3.63, 3.8) is 0 Å². The fourth-order valence-corrected chi connectivity index (χ4v) is 3.56. The monoisotopic (exact) mass is 362 g/mol. The van der Waals surface area contributed by atoms with Crippen LogP contribution in [0, 0.1) is 0 Å². The van der Waals surface area contributed by atoms with Crippen molar-refractivity contribution in [1.82, 2.24) is 16.1 Å². The number of nitrogens with one attached hydrogen (secondary N) is 3. The lowest BCUT2D eigenvalue weighted by Gasteiger charge is -2.22. The molecule has 0 radical (unpaired) electrons. The van der Waals surface area contributed by atoms with E-state index in [2.05, 4.69) is 45.3 Å². The minimum absolute atomic E-state index is 0.115. The molecule has 2 unspecified atom stereocenters. The predicted octanol–water partition coefficient (Wildman–Crippen LogP) is 1.32. The Bertz CT molecular complexity index is 578. The van der Waals surface area contributed by atoms with Crippen LogP contribution in [0.15, 0.2) is 24.3 Å². The molecular weight excluding hydrogens is 332 g/mol. The van der Waals surface area contributed by atoms with E-state index in [0.29, 0.717) is 25.5 Å². The summed E-state index contributed by atoms with van der Waals surface area (Å²) in [6.45, 7) is 4.02. The van der Waals surface area contributed by atoms with Crippen LogP contribution in [0.25, 0.3) is 0 Å². The third-order valence-electron chi connectivity index (χ3n) is 4.87. The summed E-state index contributed by atoms with van der Waals surface area (Å²) in [6.07, 6.45) is 3.07. The third kappa shape index (κ3) is 5.17. The van der Waals surface area contributed by atoms with Crippen molar-refractivity contribution in [2.24, 2.45) is 0 Å². The number of hydroxylamine groups is 1. The molecule has 3 rings (SSSR count). The van der Waals surface area contributed by atoms with Crippen molar-refractivity contribution in [2.45, 2.75) is 37.9 Å². The number of para-hydroxylation sites is 1. The van der Waals surface area contributed by atoms with Crippen LogP contribution in [0.4, 0.5) is 5.69 Å². The van der Waals surface area contributed by atoms with Gasteiger partial charge in [0.05, 0.1) is 6.67 Å². The van der Waals surface area contributed by atoms with Crippen molar-refractivity contribution in [3.8, 4) is 0 Å². The summed E-state index contributed by atoms with van der Waals surface area (Å²) >= 11 is 0. The largest absolute Gasteiger partial charge is 0.358 e. The molecule has 1 aromatic carbocycles. The molecule has 1 saturated heterocycles. The molecule has 144 valence electrons. The Morgan fingerprint density at radius 3 is 3.04 bits per heavy atom. The number of fused-ring (bicyclic) bond motifs is 1. The highest BCUT2D eigenvalue weighted by molar-refractivity contribution is 5.74. The SMILES string of the molecule is CNCN1CC(CNCCC(=O)NOC2CCCCO2)c2ccccc21. The maximum Gasteiger partial charge on any atom is 0.244 e. The van der Waals surface area contributed by atoms with Gasteiger partial charge in [-0.2, -0.15) is 0 Å². The van der Waals surface area contributed by atoms with Crippen LogP contribution in [0.3, 0.4) is 0 Å². The first-order valence-corrected chi connectivity index (χ1v) is 9.53. The molecule has 2 aliphatic rings. The molecule has 2 aliphatic heterocycles. The van der Waals surface area contributed by atoms with E-state index in [-0.39, 0.29) is 12.2 Å². The first kappa shape index (κ1) is 19.1. The van der Waals surface area contributed by atoms with E-state index in [1.165, 1.54) is 11.3 Å². The minimum atomic E-state index is -0.297. The molecule has 1 amide bonds. The van der Waals surface area contributed by atoms with Gasteiger partial charge in [-0.3, -0.25) is 4.79 Å². The summed E-state index contributed by atoms with van der Waals surface area (Å²) < 4.78 is 5.42. The molecule has 0 aromatic heterocycles. The van der Waals surface area contributed by atoms with E-state index in [1.54, 1.807) is 0 Å². The minimum Gasteiger partial charge on any atom is -0.358 e. The molecule has 7 nitrogen and oxygen atoms in total. The summed E-state index contributed by atoms with van der Waals surface area (Å²) in [4.78, 5) is 19.5. The van der Waals surface area contributed by atoms with Gasteiger partial charge in [0.2, 0.25) is 5.91 Å². The van der Waals surface area contributed by atoms with Crippen LogP contribution in [-0.2, 0) is 14.4 Å². The Hall–Kier alpha value is -1.67. The zero-order valence-corrected chi connectivity index (χ0v) is 15.5. The number of anilines is 1. The van der Waals surface area contributed by atoms with E-state index in [9.17, 15) is 4.79 Å². The first-order valence-electron chi connectivity index (χ1n) is 9.53. The lowest BCUT2D eigenvalue weighted by molar-refractivity contribution is -0.200. The first-order chi connectivity index (χ1) is 12.8. The Labute approximate surface area is 155 Å². The molecule has 26 heavy (non-hydrogen) atoms. The maximum atomic E-state index is 11.9. The van der Waals surface area contributed by atoms with Gasteiger partial charge in [0.25, 0.3) is 0 Å². The van der Waals surface area contributed by atoms with Crippen molar-refractivity contribution in [2.75, 3.05) is 44.9 Å². The van der Waals surface area contributed by atoms with Crippen LogP contribution >= 0.6 is 0 Å². The number of hydrogen-bond donors (Lipinski definition) is 3. The number of carbonyl (C=O) groups excluding carboxylic acids is 1. The normalized spacial score (nSPS) is 22.3. The number of amides is 1. The number of hydrogen-bond acceptors (Lipinski definition) is 6. The smallest absolute Gasteiger partial charge is 0.244 e. The maximum absolute atomic E-state index is 11.9. The number of rotatable bonds is 9. The number of nitrogens with zero attached hydrogens (tertiary/aromatic N) is 1. The van der Waals surface area contributed by atoms with Gasteiger partial charge in [0, 0.05) is 50.7 Å². The topological polar surface area (TPSA) is 74.9 Å². The second kappa shape index (κ2) is 9.87. The molecule has 7 heteroatoms. The molecule has 1 fully saturated rings. The van der Waals surface area contributed by atoms with Crippen LogP contribution in [0.5, 0.6) is 0 Å². The molecular formula is C19H30N4O3. The Morgan fingerprint density at radius 2 is 2.23 bits per heavy atom. The fraction of sp³-hybridized carbons (Fsp3) is 0.632. The third-order valence-corrected chi connectivity index (χ3v) is 4.87. The van der Waals surface area contributed by atoms with Gasteiger partial charge in [-0.25, -0.2) is 10.3 Å². The highest BCUT2D eigenvalue weighted by Gasteiger charge is 2.27. The number of ether oxygens (including phenoxy) is 1. The van der Waals surface area contributed by atoms with Crippen LogP contribution in [-0.4, -0.2) is 52.2 Å². The van der Waals surface area contributed by atoms with Crippen molar-refractivity contribution >= 4 is 11.6 Å². The fourth-order valence-electron chi connectivity index (χ4n) is 3.56. The standard InChI is InChI=1S/C19H30N4O3/c1-20-14-23-13-15(16-6-2-3-7-17(16)23)12-21-10-9-18(24)22-26-19-8-4-5-11-25-19/h2-3,6-7,15,19-21H,4-5,8-14H2,1H3,(H,22,24). The van der Waals surface area contributed by atoms with Gasteiger partial charge < -0.3 is 20.3 Å². The van der Waals surface area contributed by atoms with Gasteiger partial charge in [0.15, 0.2) is 6.29 Å². The van der Waals surface area contributed by atoms with Crippen LogP contribution < -0.4 is 21.0 Å². The molecule has 2 atom stereocenters. The van der Waals surface area contributed by atoms with Crippen LogP contribution in [0.1, 0.15) is 37.2 Å². The van der Waals surface area contributed by atoms with Gasteiger partial charge >= 0.3 is 0 Å². The molecule has 0 spiro atoms. The van der Waals surface area contributed by atoms with E-state index in [4.69, 9.17) is 9.57 Å². The van der Waals surface area contributed by atoms with E-state index >= 15 is 0 Å². The molecule has 2 heterocycles. The Balaban J connectivity index is 1.35. The second-order valence-electron chi connectivity index (χ2n) is 6.88. The number of carbonyl (C=O) groups is 1. The van der Waals surface area contributed by atoms with Crippen molar-refractivity contribution in [1.29, 1.82) is 0 Å². The van der Waals surface area contributed by atoms with Crippen LogP contribution in [0.2, 0.25) is 0 Å². The van der Waals surface area contributed by atoms with Gasteiger partial charge in [-0.15, -0.1) is 0 Å². The zero-order chi connectivity index (χ0) is 18.2. The highest BCUT2D eigenvalue weighted by atomic mass is 16.8. The summed E-state index contributed by atoms with van der Waals surface area (Å²) in [6, 6.07) is 8.54. The van der Waals surface area contributed by atoms with Gasteiger partial charge in [0.1, 0.15) is 0 Å². The molecule has 1 aromatic rings. The van der Waals surface area contributed by atoms with E-state index in [1.807, 2.05) is 7.05 Å². The zero-order valence-electron chi connectivity index (χ0n) is 15.5. The summed E-state index contributed by atoms with van der Waals surface area (Å²) in [5, 5.41) is 6.63. The average molecular weight is 362 g/mol. The summed E-state index contributed by atoms with van der Waals surface area (Å²) in [7, 11) is 1.97. The molecule has 0 aliphatic carbocycles. The molecule has 0 bridgehead atoms. The predicted molar refractivity (Wildman–Crippen MR) is 101 cm³/mol. The lowest BCUT2D eigenvalue weighted by Crippen LogP contribution is -2.35. The Morgan fingerprint density at radius 1 is 1.35 bits per heavy atom. The Kier molecular flexibility index (Phi) is 7.25. The number of benzene rings is 1. The average Bonchev–Trinajstić information content (AvgIpc) is 3.03. The van der Waals surface area contributed by atoms with E-state index in [0.717, 1.165) is 39.0 Å². The second-order valence-corrected chi connectivity index (χ2v) is 6.88. The lowest BCUT2D eigenvalue weighted by atomic mass is 10.0. The molecule has 3 N–H and O–H groups in total. The summed E-state index contributed by atoms with van der Waals surface area (Å²) in [5.74, 6) is 0.324. The summed E-state index contributed by atoms with van der Waals surface area (Å²) in [5.41, 5.74) is 5.17. The highest BCUT2D eigenvalue weighted by Crippen LogP contribution is 2.35. The van der Waals surface area contributed by atoms with Gasteiger partial charge in [-0.05, 0) is 31.5 Å². The quantitative estimate of drug-likeness (QED) is 0.454. The molecule has 0 saturated carbocycles.